The maximum atomic E-state index is 14.1. The Morgan fingerprint density at radius 3 is 2.55 bits per heavy atom. The normalized spacial score (nSPS) is 16.8. The second kappa shape index (κ2) is 9.95. The number of ketones is 1. The minimum atomic E-state index is -4.43. The van der Waals surface area contributed by atoms with Crippen LogP contribution in [0.15, 0.2) is 76.4 Å². The van der Waals surface area contributed by atoms with E-state index >= 15 is 0 Å². The molecule has 0 saturated carbocycles. The predicted octanol–water partition coefficient (Wildman–Crippen LogP) is 6.01. The number of aryl methyl sites for hydroxylation is 1. The largest absolute Gasteiger partial charge is 0.443 e. The van der Waals surface area contributed by atoms with Gasteiger partial charge in [-0.3, -0.25) is 9.78 Å². The SMILES string of the molecule is O=C(CCc1ccnc(-c2ccc(C(F)(F)F)cc2)c1)[C@@H]1CCCN1S(=O)(=O)c1cc2c(F)cccc2o1. The summed E-state index contributed by atoms with van der Waals surface area (Å²) < 4.78 is 85.7. The summed E-state index contributed by atoms with van der Waals surface area (Å²) in [5.41, 5.74) is 1.05. The fraction of sp³-hybridized carbons (Fsp3) is 0.259. The monoisotopic (exact) mass is 546 g/mol. The molecule has 11 heteroatoms. The molecule has 1 atom stereocenters. The van der Waals surface area contributed by atoms with Gasteiger partial charge in [0.15, 0.2) is 5.78 Å². The molecule has 0 spiro atoms. The van der Waals surface area contributed by atoms with Crippen molar-refractivity contribution < 1.29 is 35.2 Å². The number of pyridine rings is 1. The summed E-state index contributed by atoms with van der Waals surface area (Å²) >= 11 is 0. The molecule has 0 unspecified atom stereocenters. The van der Waals surface area contributed by atoms with Crippen LogP contribution in [0.1, 0.15) is 30.4 Å². The maximum absolute atomic E-state index is 14.1. The summed E-state index contributed by atoms with van der Waals surface area (Å²) in [4.78, 5) is 17.3. The third kappa shape index (κ3) is 5.08. The molecular formula is C27H22F4N2O4S. The van der Waals surface area contributed by atoms with Crippen molar-refractivity contribution in [1.29, 1.82) is 0 Å². The van der Waals surface area contributed by atoms with Gasteiger partial charge in [-0.25, -0.2) is 12.8 Å². The summed E-state index contributed by atoms with van der Waals surface area (Å²) in [5.74, 6) is -0.865. The van der Waals surface area contributed by atoms with Gasteiger partial charge < -0.3 is 4.42 Å². The molecule has 1 fully saturated rings. The number of benzene rings is 2. The average molecular weight is 547 g/mol. The highest BCUT2D eigenvalue weighted by molar-refractivity contribution is 7.89. The summed E-state index contributed by atoms with van der Waals surface area (Å²) in [6, 6.07) is 12.4. The van der Waals surface area contributed by atoms with E-state index in [9.17, 15) is 30.8 Å². The van der Waals surface area contributed by atoms with E-state index in [1.54, 1.807) is 12.1 Å². The molecule has 4 aromatic rings. The summed E-state index contributed by atoms with van der Waals surface area (Å²) in [7, 11) is -4.16. The fourth-order valence-corrected chi connectivity index (χ4v) is 6.27. The van der Waals surface area contributed by atoms with Gasteiger partial charge in [0.25, 0.3) is 10.0 Å². The van der Waals surface area contributed by atoms with Crippen LogP contribution in [0.2, 0.25) is 0 Å². The minimum Gasteiger partial charge on any atom is -0.443 e. The number of rotatable bonds is 7. The first-order chi connectivity index (χ1) is 18.0. The van der Waals surface area contributed by atoms with E-state index in [1.807, 2.05) is 0 Å². The number of sulfonamides is 1. The predicted molar refractivity (Wildman–Crippen MR) is 131 cm³/mol. The smallest absolute Gasteiger partial charge is 0.416 e. The molecule has 38 heavy (non-hydrogen) atoms. The zero-order chi connectivity index (χ0) is 27.1. The van der Waals surface area contributed by atoms with Crippen molar-refractivity contribution in [3.8, 4) is 11.3 Å². The Morgan fingerprint density at radius 1 is 1.08 bits per heavy atom. The second-order valence-corrected chi connectivity index (χ2v) is 10.9. The van der Waals surface area contributed by atoms with Crippen molar-refractivity contribution in [2.24, 2.45) is 0 Å². The Bertz CT molecular complexity index is 1600. The van der Waals surface area contributed by atoms with Gasteiger partial charge in [-0.2, -0.15) is 17.5 Å². The Balaban J connectivity index is 1.29. The molecule has 0 bridgehead atoms. The van der Waals surface area contributed by atoms with Crippen LogP contribution < -0.4 is 0 Å². The average Bonchev–Trinajstić information content (AvgIpc) is 3.56. The Labute approximate surface area is 215 Å². The van der Waals surface area contributed by atoms with Gasteiger partial charge >= 0.3 is 6.18 Å². The Hall–Kier alpha value is -3.57. The zero-order valence-electron chi connectivity index (χ0n) is 19.9. The molecule has 3 heterocycles. The molecular weight excluding hydrogens is 524 g/mol. The van der Waals surface area contributed by atoms with E-state index < -0.39 is 38.7 Å². The highest BCUT2D eigenvalue weighted by Crippen LogP contribution is 2.33. The lowest BCUT2D eigenvalue weighted by molar-refractivity contribution is -0.137. The van der Waals surface area contributed by atoms with Gasteiger partial charge in [-0.1, -0.05) is 18.2 Å². The molecule has 1 saturated heterocycles. The number of hydrogen-bond donors (Lipinski definition) is 0. The third-order valence-corrected chi connectivity index (χ3v) is 8.38. The number of nitrogens with zero attached hydrogens (tertiary/aromatic N) is 2. The van der Waals surface area contributed by atoms with E-state index in [-0.39, 0.29) is 29.7 Å². The van der Waals surface area contributed by atoms with Gasteiger partial charge in [0, 0.05) is 30.8 Å². The van der Waals surface area contributed by atoms with Crippen LogP contribution in [0.25, 0.3) is 22.2 Å². The molecule has 0 aliphatic carbocycles. The zero-order valence-corrected chi connectivity index (χ0v) is 20.7. The number of Topliss-reactive ketones (excluding diaryl/α,β-unsaturated/α-hetero) is 1. The molecule has 5 rings (SSSR count). The number of halogens is 4. The highest BCUT2D eigenvalue weighted by atomic mass is 32.2. The molecule has 6 nitrogen and oxygen atoms in total. The van der Waals surface area contributed by atoms with Crippen molar-refractivity contribution in [3.05, 3.63) is 83.8 Å². The minimum absolute atomic E-state index is 0.0506. The number of aromatic nitrogens is 1. The van der Waals surface area contributed by atoms with E-state index in [2.05, 4.69) is 4.98 Å². The lowest BCUT2D eigenvalue weighted by Crippen LogP contribution is -2.40. The van der Waals surface area contributed by atoms with Crippen molar-refractivity contribution in [2.45, 2.75) is 43.0 Å². The lowest BCUT2D eigenvalue weighted by atomic mass is 10.0. The number of alkyl halides is 3. The Kier molecular flexibility index (Phi) is 6.83. The van der Waals surface area contributed by atoms with Crippen molar-refractivity contribution in [2.75, 3.05) is 6.54 Å². The van der Waals surface area contributed by atoms with Crippen LogP contribution >= 0.6 is 0 Å². The van der Waals surface area contributed by atoms with Gasteiger partial charge in [-0.05, 0) is 61.2 Å². The Morgan fingerprint density at radius 2 is 1.84 bits per heavy atom. The first-order valence-corrected chi connectivity index (χ1v) is 13.3. The number of hydrogen-bond acceptors (Lipinski definition) is 5. The van der Waals surface area contributed by atoms with E-state index in [1.165, 1.54) is 36.5 Å². The van der Waals surface area contributed by atoms with Gasteiger partial charge in [-0.15, -0.1) is 0 Å². The first kappa shape index (κ1) is 26.1. The van der Waals surface area contributed by atoms with Crippen LogP contribution in [0.4, 0.5) is 17.6 Å². The van der Waals surface area contributed by atoms with Crippen molar-refractivity contribution in [3.63, 3.8) is 0 Å². The first-order valence-electron chi connectivity index (χ1n) is 11.9. The molecule has 1 aliphatic heterocycles. The molecule has 2 aromatic carbocycles. The molecule has 0 amide bonds. The van der Waals surface area contributed by atoms with Crippen LogP contribution in [0, 0.1) is 5.82 Å². The van der Waals surface area contributed by atoms with E-state index in [4.69, 9.17) is 4.42 Å². The number of furan rings is 1. The van der Waals surface area contributed by atoms with Crippen molar-refractivity contribution in [1.82, 2.24) is 9.29 Å². The third-order valence-electron chi connectivity index (χ3n) is 6.62. The van der Waals surface area contributed by atoms with Gasteiger partial charge in [0.05, 0.1) is 22.7 Å². The topological polar surface area (TPSA) is 80.5 Å². The summed E-state index contributed by atoms with van der Waals surface area (Å²) in [5, 5.41) is -0.359. The van der Waals surface area contributed by atoms with E-state index in [0.717, 1.165) is 28.1 Å². The number of carbonyl (C=O) groups is 1. The number of carbonyl (C=O) groups excluding carboxylic acids is 1. The van der Waals surface area contributed by atoms with Crippen LogP contribution in [0.5, 0.6) is 0 Å². The van der Waals surface area contributed by atoms with Crippen LogP contribution in [-0.2, 0) is 27.4 Å². The highest BCUT2D eigenvalue weighted by Gasteiger charge is 2.40. The van der Waals surface area contributed by atoms with Gasteiger partial charge in [0.1, 0.15) is 11.4 Å². The quantitative estimate of drug-likeness (QED) is 0.265. The summed E-state index contributed by atoms with van der Waals surface area (Å²) in [6.07, 6.45) is -1.70. The fourth-order valence-electron chi connectivity index (χ4n) is 4.65. The van der Waals surface area contributed by atoms with Crippen molar-refractivity contribution >= 4 is 26.8 Å². The lowest BCUT2D eigenvalue weighted by Gasteiger charge is -2.21. The molecule has 2 aromatic heterocycles. The molecule has 0 N–H and O–H groups in total. The standard InChI is InChI=1S/C27H22F4N2O4S/c28-21-3-1-5-25-20(21)16-26(37-25)38(35,36)33-14-2-4-23(33)24(34)11-6-17-12-13-32-22(15-17)18-7-9-19(10-8-18)27(29,30)31/h1,3,5,7-10,12-13,15-16,23H,2,4,6,11,14H2/t23-/m0/s1. The molecule has 0 radical (unpaired) electrons. The summed E-state index contributed by atoms with van der Waals surface area (Å²) in [6.45, 7) is 0.144. The van der Waals surface area contributed by atoms with Gasteiger partial charge in [0.2, 0.25) is 5.09 Å². The maximum Gasteiger partial charge on any atom is 0.416 e. The number of fused-ring (bicyclic) bond motifs is 1. The van der Waals surface area contributed by atoms with Crippen LogP contribution in [0.3, 0.4) is 0 Å². The van der Waals surface area contributed by atoms with Crippen LogP contribution in [-0.4, -0.2) is 36.1 Å². The molecule has 1 aliphatic rings. The second-order valence-electron chi connectivity index (χ2n) is 9.08. The van der Waals surface area contributed by atoms with E-state index in [0.29, 0.717) is 30.5 Å². The molecule has 198 valence electrons.